The number of hydrogen-bond donors (Lipinski definition) is 1. The molecular formula is C21H28N2O4S. The largest absolute Gasteiger partial charge is 0.491 e. The number of rotatable bonds is 8. The Kier molecular flexibility index (Phi) is 7.07. The lowest BCUT2D eigenvalue weighted by Crippen LogP contribution is -2.47. The second kappa shape index (κ2) is 9.10. The van der Waals surface area contributed by atoms with Crippen LogP contribution in [0.5, 0.6) is 5.75 Å². The zero-order chi connectivity index (χ0) is 20.9. The third kappa shape index (κ3) is 5.99. The van der Waals surface area contributed by atoms with Gasteiger partial charge in [-0.15, -0.1) is 0 Å². The van der Waals surface area contributed by atoms with E-state index in [1.165, 1.54) is 0 Å². The molecule has 2 aromatic carbocycles. The second-order valence-corrected chi connectivity index (χ2v) is 8.96. The normalized spacial score (nSPS) is 12.5. The van der Waals surface area contributed by atoms with Crippen molar-refractivity contribution in [2.24, 2.45) is 0 Å². The lowest BCUT2D eigenvalue weighted by atomic mass is 10.2. The van der Waals surface area contributed by atoms with Crippen LogP contribution in [-0.4, -0.2) is 32.7 Å². The van der Waals surface area contributed by atoms with Gasteiger partial charge in [-0.25, -0.2) is 8.42 Å². The molecule has 0 aliphatic rings. The third-order valence-electron chi connectivity index (χ3n) is 4.14. The van der Waals surface area contributed by atoms with E-state index in [0.29, 0.717) is 12.2 Å². The molecule has 1 N–H and O–H groups in total. The first-order valence-electron chi connectivity index (χ1n) is 9.17. The summed E-state index contributed by atoms with van der Waals surface area (Å²) >= 11 is 0. The molecule has 0 saturated heterocycles. The molecule has 28 heavy (non-hydrogen) atoms. The average molecular weight is 405 g/mol. The van der Waals surface area contributed by atoms with Gasteiger partial charge >= 0.3 is 0 Å². The van der Waals surface area contributed by atoms with Gasteiger partial charge in [0, 0.05) is 6.54 Å². The van der Waals surface area contributed by atoms with Gasteiger partial charge in [-0.05, 0) is 57.5 Å². The smallest absolute Gasteiger partial charge is 0.243 e. The van der Waals surface area contributed by atoms with Crippen molar-refractivity contribution in [1.82, 2.24) is 5.32 Å². The molecule has 2 aromatic rings. The maximum atomic E-state index is 12.6. The van der Waals surface area contributed by atoms with Gasteiger partial charge in [0.25, 0.3) is 0 Å². The van der Waals surface area contributed by atoms with Crippen LogP contribution in [0, 0.1) is 6.92 Å². The number of carbonyl (C=O) groups excluding carboxylic acids is 1. The summed E-state index contributed by atoms with van der Waals surface area (Å²) in [6.45, 7) is 7.71. The standard InChI is InChI=1S/C21H28N2O4S/c1-15(2)27-20-12-8-18(9-13-20)14-22-21(24)17(4)23(28(5,25)26)19-10-6-16(3)7-11-19/h6-13,15,17H,14H2,1-5H3,(H,22,24)/t17-/m0/s1. The first kappa shape index (κ1) is 21.8. The van der Waals surface area contributed by atoms with Gasteiger partial charge < -0.3 is 10.1 Å². The molecule has 0 heterocycles. The van der Waals surface area contributed by atoms with Crippen LogP contribution in [0.2, 0.25) is 0 Å². The number of hydrogen-bond acceptors (Lipinski definition) is 4. The van der Waals surface area contributed by atoms with Gasteiger partial charge in [-0.1, -0.05) is 29.8 Å². The fourth-order valence-electron chi connectivity index (χ4n) is 2.80. The quantitative estimate of drug-likeness (QED) is 0.733. The van der Waals surface area contributed by atoms with Crippen LogP contribution in [0.1, 0.15) is 31.9 Å². The topological polar surface area (TPSA) is 75.7 Å². The lowest BCUT2D eigenvalue weighted by molar-refractivity contribution is -0.122. The van der Waals surface area contributed by atoms with Crippen LogP contribution >= 0.6 is 0 Å². The Morgan fingerprint density at radius 1 is 1.04 bits per heavy atom. The average Bonchev–Trinajstić information content (AvgIpc) is 2.61. The van der Waals surface area contributed by atoms with Crippen LogP contribution in [0.15, 0.2) is 48.5 Å². The number of anilines is 1. The fourth-order valence-corrected chi connectivity index (χ4v) is 3.97. The van der Waals surface area contributed by atoms with Crippen molar-refractivity contribution in [2.45, 2.75) is 46.4 Å². The maximum absolute atomic E-state index is 12.6. The van der Waals surface area contributed by atoms with Crippen LogP contribution in [0.4, 0.5) is 5.69 Å². The number of nitrogens with one attached hydrogen (secondary N) is 1. The minimum atomic E-state index is -3.62. The molecule has 0 aliphatic heterocycles. The van der Waals surface area contributed by atoms with E-state index in [0.717, 1.165) is 27.4 Å². The highest BCUT2D eigenvalue weighted by Gasteiger charge is 2.28. The van der Waals surface area contributed by atoms with Gasteiger partial charge in [0.05, 0.1) is 18.0 Å². The summed E-state index contributed by atoms with van der Waals surface area (Å²) in [5.74, 6) is 0.398. The molecule has 1 atom stereocenters. The molecule has 1 amide bonds. The van der Waals surface area contributed by atoms with Crippen LogP contribution in [0.3, 0.4) is 0 Å². The van der Waals surface area contributed by atoms with Crippen molar-refractivity contribution in [3.63, 3.8) is 0 Å². The molecule has 6 nitrogen and oxygen atoms in total. The Labute approximate surface area is 167 Å². The van der Waals surface area contributed by atoms with Gasteiger partial charge in [0.1, 0.15) is 11.8 Å². The molecule has 0 spiro atoms. The second-order valence-electron chi connectivity index (χ2n) is 7.10. The number of benzene rings is 2. The SMILES string of the molecule is Cc1ccc(N([C@@H](C)C(=O)NCc2ccc(OC(C)C)cc2)S(C)(=O)=O)cc1. The molecule has 0 aliphatic carbocycles. The van der Waals surface area contributed by atoms with E-state index in [-0.39, 0.29) is 12.0 Å². The van der Waals surface area contributed by atoms with Crippen LogP contribution in [0.25, 0.3) is 0 Å². The zero-order valence-corrected chi connectivity index (χ0v) is 17.8. The first-order valence-corrected chi connectivity index (χ1v) is 11.0. The van der Waals surface area contributed by atoms with Crippen molar-refractivity contribution >= 4 is 21.6 Å². The molecule has 0 saturated carbocycles. The van der Waals surface area contributed by atoms with Gasteiger partial charge in [-0.3, -0.25) is 9.10 Å². The molecule has 0 fully saturated rings. The van der Waals surface area contributed by atoms with E-state index < -0.39 is 16.1 Å². The highest BCUT2D eigenvalue weighted by Crippen LogP contribution is 2.21. The fraction of sp³-hybridized carbons (Fsp3) is 0.381. The number of carbonyl (C=O) groups is 1. The molecular weight excluding hydrogens is 376 g/mol. The summed E-state index contributed by atoms with van der Waals surface area (Å²) in [5, 5.41) is 2.81. The lowest BCUT2D eigenvalue weighted by Gasteiger charge is -2.28. The van der Waals surface area contributed by atoms with E-state index in [2.05, 4.69) is 5.32 Å². The Morgan fingerprint density at radius 3 is 2.11 bits per heavy atom. The number of ether oxygens (including phenoxy) is 1. The molecule has 0 radical (unpaired) electrons. The summed E-state index contributed by atoms with van der Waals surface area (Å²) in [5.41, 5.74) is 2.38. The Morgan fingerprint density at radius 2 is 1.61 bits per heavy atom. The predicted molar refractivity (Wildman–Crippen MR) is 112 cm³/mol. The summed E-state index contributed by atoms with van der Waals surface area (Å²) in [7, 11) is -3.62. The van der Waals surface area contributed by atoms with Crippen molar-refractivity contribution in [3.8, 4) is 5.75 Å². The summed E-state index contributed by atoms with van der Waals surface area (Å²) < 4.78 is 31.3. The summed E-state index contributed by atoms with van der Waals surface area (Å²) in [6.07, 6.45) is 1.19. The number of sulfonamides is 1. The van der Waals surface area contributed by atoms with Gasteiger partial charge in [-0.2, -0.15) is 0 Å². The first-order chi connectivity index (χ1) is 13.1. The molecule has 2 rings (SSSR count). The van der Waals surface area contributed by atoms with Crippen LogP contribution < -0.4 is 14.4 Å². The van der Waals surface area contributed by atoms with Crippen molar-refractivity contribution in [3.05, 3.63) is 59.7 Å². The number of amides is 1. The molecule has 0 aromatic heterocycles. The van der Waals surface area contributed by atoms with E-state index in [1.54, 1.807) is 19.1 Å². The van der Waals surface area contributed by atoms with E-state index in [1.807, 2.05) is 57.2 Å². The highest BCUT2D eigenvalue weighted by molar-refractivity contribution is 7.92. The number of aryl methyl sites for hydroxylation is 1. The summed E-state index contributed by atoms with van der Waals surface area (Å²) in [6, 6.07) is 13.6. The van der Waals surface area contributed by atoms with E-state index in [4.69, 9.17) is 4.74 Å². The highest BCUT2D eigenvalue weighted by atomic mass is 32.2. The van der Waals surface area contributed by atoms with Gasteiger partial charge in [0.15, 0.2) is 0 Å². The Balaban J connectivity index is 2.07. The number of nitrogens with zero attached hydrogens (tertiary/aromatic N) is 1. The Hall–Kier alpha value is -2.54. The molecule has 152 valence electrons. The molecule has 0 unspecified atom stereocenters. The summed E-state index contributed by atoms with van der Waals surface area (Å²) in [4.78, 5) is 12.6. The zero-order valence-electron chi connectivity index (χ0n) is 17.0. The van der Waals surface area contributed by atoms with Crippen LogP contribution in [-0.2, 0) is 21.4 Å². The predicted octanol–water partition coefficient (Wildman–Crippen LogP) is 3.25. The minimum Gasteiger partial charge on any atom is -0.491 e. The van der Waals surface area contributed by atoms with E-state index in [9.17, 15) is 13.2 Å². The van der Waals surface area contributed by atoms with E-state index >= 15 is 0 Å². The van der Waals surface area contributed by atoms with Gasteiger partial charge in [0.2, 0.25) is 15.9 Å². The van der Waals surface area contributed by atoms with Crippen molar-refractivity contribution in [2.75, 3.05) is 10.6 Å². The minimum absolute atomic E-state index is 0.0927. The van der Waals surface area contributed by atoms with Crippen molar-refractivity contribution < 1.29 is 17.9 Å². The molecule has 7 heteroatoms. The maximum Gasteiger partial charge on any atom is 0.243 e. The molecule has 0 bridgehead atoms. The Bertz CT molecular complexity index is 891. The third-order valence-corrected chi connectivity index (χ3v) is 5.38. The monoisotopic (exact) mass is 404 g/mol. The van der Waals surface area contributed by atoms with Crippen molar-refractivity contribution in [1.29, 1.82) is 0 Å².